The van der Waals surface area contributed by atoms with E-state index >= 15 is 0 Å². The first-order valence-corrected chi connectivity index (χ1v) is 7.60. The molecule has 1 aromatic carbocycles. The number of halogens is 1. The second-order valence-corrected chi connectivity index (χ2v) is 6.32. The number of rotatable bonds is 6. The number of nitriles is 1. The SMILES string of the molecule is CC(O)CCCNS(=O)(=O)c1ccc(C#N)c(Cl)c1. The minimum Gasteiger partial charge on any atom is -0.393 e. The van der Waals surface area contributed by atoms with Gasteiger partial charge in [0.15, 0.2) is 0 Å². The van der Waals surface area contributed by atoms with Crippen LogP contribution >= 0.6 is 11.6 Å². The molecule has 0 radical (unpaired) electrons. The minimum atomic E-state index is -3.63. The molecule has 0 aromatic heterocycles. The molecule has 5 nitrogen and oxygen atoms in total. The van der Waals surface area contributed by atoms with Crippen molar-refractivity contribution in [1.82, 2.24) is 4.72 Å². The van der Waals surface area contributed by atoms with Gasteiger partial charge in [-0.05, 0) is 38.0 Å². The van der Waals surface area contributed by atoms with Gasteiger partial charge in [0.1, 0.15) is 6.07 Å². The number of hydrogen-bond acceptors (Lipinski definition) is 4. The average molecular weight is 303 g/mol. The molecule has 0 aliphatic carbocycles. The molecule has 7 heteroatoms. The monoisotopic (exact) mass is 302 g/mol. The fraction of sp³-hybridized carbons (Fsp3) is 0.417. The van der Waals surface area contributed by atoms with Gasteiger partial charge in [-0.25, -0.2) is 13.1 Å². The van der Waals surface area contributed by atoms with Crippen LogP contribution in [0.5, 0.6) is 0 Å². The molecule has 1 rings (SSSR count). The van der Waals surface area contributed by atoms with Crippen molar-refractivity contribution in [1.29, 1.82) is 5.26 Å². The molecule has 0 saturated heterocycles. The third-order valence-corrected chi connectivity index (χ3v) is 4.23. The van der Waals surface area contributed by atoms with Crippen LogP contribution in [0.3, 0.4) is 0 Å². The van der Waals surface area contributed by atoms with E-state index in [-0.39, 0.29) is 22.0 Å². The van der Waals surface area contributed by atoms with Crippen molar-refractivity contribution in [3.8, 4) is 6.07 Å². The molecular weight excluding hydrogens is 288 g/mol. The van der Waals surface area contributed by atoms with Gasteiger partial charge in [0, 0.05) is 6.54 Å². The van der Waals surface area contributed by atoms with Gasteiger partial charge in [0.05, 0.1) is 21.6 Å². The van der Waals surface area contributed by atoms with E-state index in [1.807, 2.05) is 6.07 Å². The fourth-order valence-corrected chi connectivity index (χ4v) is 2.83. The van der Waals surface area contributed by atoms with E-state index < -0.39 is 16.1 Å². The third kappa shape index (κ3) is 4.80. The Hall–Kier alpha value is -1.13. The summed E-state index contributed by atoms with van der Waals surface area (Å²) in [5.41, 5.74) is 0.231. The largest absolute Gasteiger partial charge is 0.393 e. The zero-order valence-electron chi connectivity index (χ0n) is 10.4. The Bertz CT molecular complexity index is 579. The zero-order valence-corrected chi connectivity index (χ0v) is 12.0. The summed E-state index contributed by atoms with van der Waals surface area (Å²) in [6.07, 6.45) is 0.617. The van der Waals surface area contributed by atoms with Crippen LogP contribution in [0.2, 0.25) is 5.02 Å². The van der Waals surface area contributed by atoms with Gasteiger partial charge in [0.2, 0.25) is 10.0 Å². The quantitative estimate of drug-likeness (QED) is 0.782. The van der Waals surface area contributed by atoms with E-state index in [2.05, 4.69) is 4.72 Å². The van der Waals surface area contributed by atoms with Crippen LogP contribution in [0.15, 0.2) is 23.1 Å². The first-order chi connectivity index (χ1) is 8.86. The summed E-state index contributed by atoms with van der Waals surface area (Å²) in [6, 6.07) is 5.81. The summed E-state index contributed by atoms with van der Waals surface area (Å²) < 4.78 is 26.2. The number of benzene rings is 1. The molecule has 1 aromatic rings. The highest BCUT2D eigenvalue weighted by atomic mass is 35.5. The maximum absolute atomic E-state index is 11.9. The van der Waals surface area contributed by atoms with Gasteiger partial charge in [-0.1, -0.05) is 11.6 Å². The second-order valence-electron chi connectivity index (χ2n) is 4.14. The molecule has 1 atom stereocenters. The van der Waals surface area contributed by atoms with Crippen LogP contribution in [-0.4, -0.2) is 26.2 Å². The Labute approximate surface area is 117 Å². The van der Waals surface area contributed by atoms with Gasteiger partial charge < -0.3 is 5.11 Å². The molecule has 1 unspecified atom stereocenters. The van der Waals surface area contributed by atoms with Crippen LogP contribution in [0, 0.1) is 11.3 Å². The Morgan fingerprint density at radius 3 is 2.74 bits per heavy atom. The van der Waals surface area contributed by atoms with Crippen LogP contribution < -0.4 is 4.72 Å². The summed E-state index contributed by atoms with van der Waals surface area (Å²) in [6.45, 7) is 1.89. The topological polar surface area (TPSA) is 90.2 Å². The lowest BCUT2D eigenvalue weighted by Gasteiger charge is -2.08. The van der Waals surface area contributed by atoms with Crippen molar-refractivity contribution in [2.75, 3.05) is 6.54 Å². The number of hydrogen-bond donors (Lipinski definition) is 2. The molecular formula is C12H15ClN2O3S. The highest BCUT2D eigenvalue weighted by Gasteiger charge is 2.15. The van der Waals surface area contributed by atoms with Crippen molar-refractivity contribution in [2.45, 2.75) is 30.8 Å². The maximum atomic E-state index is 11.9. The van der Waals surface area contributed by atoms with Crippen LogP contribution in [0.1, 0.15) is 25.3 Å². The normalized spacial score (nSPS) is 12.9. The smallest absolute Gasteiger partial charge is 0.240 e. The van der Waals surface area contributed by atoms with Gasteiger partial charge >= 0.3 is 0 Å². The molecule has 0 amide bonds. The van der Waals surface area contributed by atoms with Crippen LogP contribution in [0.25, 0.3) is 0 Å². The number of nitrogens with one attached hydrogen (secondary N) is 1. The summed E-state index contributed by atoms with van der Waals surface area (Å²) in [5, 5.41) is 17.9. The van der Waals surface area contributed by atoms with Crippen molar-refractivity contribution < 1.29 is 13.5 Å². The first-order valence-electron chi connectivity index (χ1n) is 5.74. The van der Waals surface area contributed by atoms with Crippen LogP contribution in [0.4, 0.5) is 0 Å². The summed E-state index contributed by atoms with van der Waals surface area (Å²) in [5.74, 6) is 0. The second kappa shape index (κ2) is 6.87. The van der Waals surface area contributed by atoms with Gasteiger partial charge in [-0.2, -0.15) is 5.26 Å². The van der Waals surface area contributed by atoms with Crippen molar-refractivity contribution in [3.63, 3.8) is 0 Å². The Balaban J connectivity index is 2.73. The van der Waals surface area contributed by atoms with Gasteiger partial charge in [0.25, 0.3) is 0 Å². The zero-order chi connectivity index (χ0) is 14.5. The highest BCUT2D eigenvalue weighted by molar-refractivity contribution is 7.89. The van der Waals surface area contributed by atoms with E-state index in [0.29, 0.717) is 12.8 Å². The molecule has 0 bridgehead atoms. The predicted molar refractivity (Wildman–Crippen MR) is 72.3 cm³/mol. The molecule has 2 N–H and O–H groups in total. The van der Waals surface area contributed by atoms with E-state index in [1.165, 1.54) is 18.2 Å². The summed E-state index contributed by atoms with van der Waals surface area (Å²) in [4.78, 5) is 0.0218. The van der Waals surface area contributed by atoms with E-state index in [4.69, 9.17) is 22.0 Å². The lowest BCUT2D eigenvalue weighted by molar-refractivity contribution is 0.182. The van der Waals surface area contributed by atoms with E-state index in [0.717, 1.165) is 0 Å². The van der Waals surface area contributed by atoms with Crippen molar-refractivity contribution in [3.05, 3.63) is 28.8 Å². The number of aliphatic hydroxyl groups excluding tert-OH is 1. The Kier molecular flexibility index (Phi) is 5.76. The van der Waals surface area contributed by atoms with Gasteiger partial charge in [-0.15, -0.1) is 0 Å². The van der Waals surface area contributed by atoms with Crippen LogP contribution in [-0.2, 0) is 10.0 Å². The lowest BCUT2D eigenvalue weighted by Crippen LogP contribution is -2.25. The van der Waals surface area contributed by atoms with Gasteiger partial charge in [-0.3, -0.25) is 0 Å². The van der Waals surface area contributed by atoms with Crippen molar-refractivity contribution >= 4 is 21.6 Å². The molecule has 0 aliphatic rings. The predicted octanol–water partition coefficient (Wildman–Crippen LogP) is 1.65. The molecule has 19 heavy (non-hydrogen) atoms. The third-order valence-electron chi connectivity index (χ3n) is 2.46. The standard InChI is InChI=1S/C12H15ClN2O3S/c1-9(16)3-2-6-15-19(17,18)11-5-4-10(8-14)12(13)7-11/h4-5,7,9,15-16H,2-3,6H2,1H3. The molecule has 0 aliphatic heterocycles. The van der Waals surface area contributed by atoms with E-state index in [1.54, 1.807) is 6.92 Å². The fourth-order valence-electron chi connectivity index (χ4n) is 1.44. The van der Waals surface area contributed by atoms with Crippen molar-refractivity contribution in [2.24, 2.45) is 0 Å². The molecule has 104 valence electrons. The van der Waals surface area contributed by atoms with E-state index in [9.17, 15) is 8.42 Å². The summed E-state index contributed by atoms with van der Waals surface area (Å²) in [7, 11) is -3.63. The Morgan fingerprint density at radius 1 is 1.53 bits per heavy atom. The molecule has 0 heterocycles. The lowest BCUT2D eigenvalue weighted by atomic mass is 10.2. The molecule has 0 spiro atoms. The minimum absolute atomic E-state index is 0.0218. The summed E-state index contributed by atoms with van der Waals surface area (Å²) >= 11 is 5.79. The first kappa shape index (κ1) is 15.9. The number of aliphatic hydroxyl groups is 1. The Morgan fingerprint density at radius 2 is 2.21 bits per heavy atom. The molecule has 0 fully saturated rings. The molecule has 0 saturated carbocycles. The number of nitrogens with zero attached hydrogens (tertiary/aromatic N) is 1. The maximum Gasteiger partial charge on any atom is 0.240 e. The average Bonchev–Trinajstić information content (AvgIpc) is 2.34. The number of sulfonamides is 1. The highest BCUT2D eigenvalue weighted by Crippen LogP contribution is 2.20.